The first kappa shape index (κ1) is 17.2. The maximum atomic E-state index is 12.3. The molecule has 0 aliphatic carbocycles. The zero-order valence-corrected chi connectivity index (χ0v) is 14.8. The Morgan fingerprint density at radius 1 is 1.48 bits per heavy atom. The molecule has 2 aromatic rings. The van der Waals surface area contributed by atoms with Gasteiger partial charge in [-0.15, -0.1) is 11.3 Å². The van der Waals surface area contributed by atoms with Crippen LogP contribution < -0.4 is 15.4 Å². The van der Waals surface area contributed by atoms with Crippen molar-refractivity contribution < 1.29 is 9.53 Å². The minimum atomic E-state index is -0.255. The summed E-state index contributed by atoms with van der Waals surface area (Å²) < 4.78 is 5.55. The predicted octanol–water partition coefficient (Wildman–Crippen LogP) is 3.32. The molecule has 25 heavy (non-hydrogen) atoms. The fraction of sp³-hybridized carbons (Fsp3) is 0.263. The van der Waals surface area contributed by atoms with Crippen LogP contribution in [0, 0.1) is 11.3 Å². The van der Waals surface area contributed by atoms with Crippen LogP contribution in [0.3, 0.4) is 0 Å². The summed E-state index contributed by atoms with van der Waals surface area (Å²) in [4.78, 5) is 13.4. The summed E-state index contributed by atoms with van der Waals surface area (Å²) in [5, 5.41) is 16.2. The molecule has 1 aromatic carbocycles. The van der Waals surface area contributed by atoms with Gasteiger partial charge in [0.15, 0.2) is 0 Å². The number of amides is 1. The van der Waals surface area contributed by atoms with E-state index in [1.54, 1.807) is 6.08 Å². The molecule has 128 valence electrons. The van der Waals surface area contributed by atoms with Gasteiger partial charge in [-0.25, -0.2) is 0 Å². The van der Waals surface area contributed by atoms with Crippen LogP contribution in [0.1, 0.15) is 28.5 Å². The highest BCUT2D eigenvalue weighted by atomic mass is 32.1. The highest BCUT2D eigenvalue weighted by Gasteiger charge is 2.21. The highest BCUT2D eigenvalue weighted by Crippen LogP contribution is 2.34. The Hall–Kier alpha value is -2.62. The molecule has 5 nitrogen and oxygen atoms in total. The molecule has 0 saturated heterocycles. The second-order valence-corrected chi connectivity index (χ2v) is 6.65. The van der Waals surface area contributed by atoms with Crippen LogP contribution in [-0.4, -0.2) is 19.1 Å². The fourth-order valence-electron chi connectivity index (χ4n) is 2.77. The summed E-state index contributed by atoms with van der Waals surface area (Å²) in [6.07, 6.45) is 4.01. The molecule has 3 rings (SSSR count). The SMILES string of the molecule is CCOc1ccccc1/C=C\C(=O)Nc1sc2c(c1C#N)CCNC2. The molecule has 0 unspecified atom stereocenters. The first-order valence-corrected chi connectivity index (χ1v) is 9.00. The highest BCUT2D eigenvalue weighted by molar-refractivity contribution is 7.16. The summed E-state index contributed by atoms with van der Waals surface area (Å²) in [7, 11) is 0. The van der Waals surface area contributed by atoms with Gasteiger partial charge in [0.05, 0.1) is 12.2 Å². The number of para-hydroxylation sites is 1. The molecule has 2 N–H and O–H groups in total. The Morgan fingerprint density at radius 3 is 3.12 bits per heavy atom. The van der Waals surface area contributed by atoms with Crippen LogP contribution in [0.2, 0.25) is 0 Å². The minimum Gasteiger partial charge on any atom is -0.493 e. The van der Waals surface area contributed by atoms with E-state index >= 15 is 0 Å². The van der Waals surface area contributed by atoms with E-state index in [0.29, 0.717) is 17.2 Å². The van der Waals surface area contributed by atoms with Crippen LogP contribution in [-0.2, 0) is 17.8 Å². The first-order chi connectivity index (χ1) is 12.2. The number of nitriles is 1. The molecule has 0 atom stereocenters. The lowest BCUT2D eigenvalue weighted by molar-refractivity contribution is -0.111. The van der Waals surface area contributed by atoms with Crippen molar-refractivity contribution in [2.45, 2.75) is 19.9 Å². The minimum absolute atomic E-state index is 0.255. The van der Waals surface area contributed by atoms with Gasteiger partial charge in [0.1, 0.15) is 16.8 Å². The number of anilines is 1. The fourth-order valence-corrected chi connectivity index (χ4v) is 3.94. The Bertz CT molecular complexity index is 849. The van der Waals surface area contributed by atoms with E-state index in [2.05, 4.69) is 16.7 Å². The number of ether oxygens (including phenoxy) is 1. The van der Waals surface area contributed by atoms with Crippen molar-refractivity contribution in [1.82, 2.24) is 5.32 Å². The molecule has 0 saturated carbocycles. The van der Waals surface area contributed by atoms with Crippen molar-refractivity contribution in [1.29, 1.82) is 5.26 Å². The molecule has 0 spiro atoms. The van der Waals surface area contributed by atoms with Crippen LogP contribution >= 0.6 is 11.3 Å². The number of hydrogen-bond donors (Lipinski definition) is 2. The summed E-state index contributed by atoms with van der Waals surface area (Å²) in [5.74, 6) is 0.485. The van der Waals surface area contributed by atoms with Crippen molar-refractivity contribution in [3.8, 4) is 11.8 Å². The lowest BCUT2D eigenvalue weighted by Gasteiger charge is -2.11. The first-order valence-electron chi connectivity index (χ1n) is 8.19. The second-order valence-electron chi connectivity index (χ2n) is 5.54. The van der Waals surface area contributed by atoms with Gasteiger partial charge in [0, 0.05) is 23.1 Å². The number of nitrogens with zero attached hydrogens (tertiary/aromatic N) is 1. The van der Waals surface area contributed by atoms with Gasteiger partial charge in [-0.1, -0.05) is 18.2 Å². The van der Waals surface area contributed by atoms with Gasteiger partial charge >= 0.3 is 0 Å². The molecule has 1 aliphatic heterocycles. The van der Waals surface area contributed by atoms with Crippen molar-refractivity contribution >= 4 is 28.3 Å². The summed E-state index contributed by atoms with van der Waals surface area (Å²) in [6.45, 7) is 4.10. The number of nitrogens with one attached hydrogen (secondary N) is 2. The lowest BCUT2D eigenvalue weighted by atomic mass is 10.1. The van der Waals surface area contributed by atoms with Crippen molar-refractivity contribution in [3.05, 3.63) is 51.9 Å². The Labute approximate surface area is 150 Å². The number of fused-ring (bicyclic) bond motifs is 1. The number of thiophene rings is 1. The quantitative estimate of drug-likeness (QED) is 0.809. The van der Waals surface area contributed by atoms with Crippen LogP contribution in [0.15, 0.2) is 30.3 Å². The van der Waals surface area contributed by atoms with Gasteiger partial charge in [-0.2, -0.15) is 5.26 Å². The molecule has 2 heterocycles. The maximum absolute atomic E-state index is 12.3. The van der Waals surface area contributed by atoms with E-state index in [0.717, 1.165) is 41.3 Å². The third-order valence-corrected chi connectivity index (χ3v) is 5.06. The van der Waals surface area contributed by atoms with E-state index in [1.807, 2.05) is 31.2 Å². The van der Waals surface area contributed by atoms with Crippen molar-refractivity contribution in [2.75, 3.05) is 18.5 Å². The Morgan fingerprint density at radius 2 is 2.32 bits per heavy atom. The number of carbonyl (C=O) groups is 1. The predicted molar refractivity (Wildman–Crippen MR) is 99.7 cm³/mol. The molecule has 1 amide bonds. The molecular formula is C19H19N3O2S. The van der Waals surface area contributed by atoms with E-state index in [4.69, 9.17) is 4.74 Å². The second kappa shape index (κ2) is 7.97. The van der Waals surface area contributed by atoms with Gasteiger partial charge in [0.25, 0.3) is 0 Å². The third kappa shape index (κ3) is 3.90. The van der Waals surface area contributed by atoms with E-state index in [1.165, 1.54) is 17.4 Å². The van der Waals surface area contributed by atoms with Crippen LogP contribution in [0.5, 0.6) is 5.75 Å². The van der Waals surface area contributed by atoms with Gasteiger partial charge in [-0.05, 0) is 37.6 Å². The standard InChI is InChI=1S/C19H19N3O2S/c1-2-24-16-6-4-3-5-13(16)7-8-18(23)22-19-15(11-20)14-9-10-21-12-17(14)25-19/h3-8,21H,2,9-10,12H2,1H3,(H,22,23)/b8-7-. The van der Waals surface area contributed by atoms with Crippen LogP contribution in [0.25, 0.3) is 6.08 Å². The maximum Gasteiger partial charge on any atom is 0.249 e. The monoisotopic (exact) mass is 353 g/mol. The van der Waals surface area contributed by atoms with Crippen LogP contribution in [0.4, 0.5) is 5.00 Å². The van der Waals surface area contributed by atoms with Crippen molar-refractivity contribution in [2.24, 2.45) is 0 Å². The molecule has 0 fully saturated rings. The van der Waals surface area contributed by atoms with E-state index in [9.17, 15) is 10.1 Å². The van der Waals surface area contributed by atoms with Gasteiger partial charge in [-0.3, -0.25) is 4.79 Å². The average molecular weight is 353 g/mol. The Balaban J connectivity index is 1.75. The van der Waals surface area contributed by atoms with Gasteiger partial charge in [0.2, 0.25) is 5.91 Å². The molecule has 6 heteroatoms. The van der Waals surface area contributed by atoms with Gasteiger partial charge < -0.3 is 15.4 Å². The Kier molecular flexibility index (Phi) is 5.49. The summed E-state index contributed by atoms with van der Waals surface area (Å²) in [5.41, 5.74) is 2.50. The molecule has 0 radical (unpaired) electrons. The number of carbonyl (C=O) groups excluding carboxylic acids is 1. The van der Waals surface area contributed by atoms with E-state index in [-0.39, 0.29) is 5.91 Å². The zero-order valence-electron chi connectivity index (χ0n) is 14.0. The molecule has 0 bridgehead atoms. The van der Waals surface area contributed by atoms with E-state index < -0.39 is 0 Å². The largest absolute Gasteiger partial charge is 0.493 e. The molecular weight excluding hydrogens is 334 g/mol. The number of rotatable bonds is 5. The topological polar surface area (TPSA) is 74.1 Å². The number of benzene rings is 1. The average Bonchev–Trinajstić information content (AvgIpc) is 2.98. The van der Waals surface area contributed by atoms with Crippen molar-refractivity contribution in [3.63, 3.8) is 0 Å². The summed E-state index contributed by atoms with van der Waals surface area (Å²) >= 11 is 1.47. The molecule has 1 aromatic heterocycles. The molecule has 1 aliphatic rings. The zero-order chi connectivity index (χ0) is 17.6. The lowest BCUT2D eigenvalue weighted by Crippen LogP contribution is -2.22. The third-order valence-electron chi connectivity index (χ3n) is 3.91. The number of hydrogen-bond acceptors (Lipinski definition) is 5. The smallest absolute Gasteiger partial charge is 0.249 e. The normalized spacial score (nSPS) is 13.3. The summed E-state index contributed by atoms with van der Waals surface area (Å²) in [6, 6.07) is 9.79.